The SMILES string of the molecule is CC(CC(=O)N1CCCC1c1cccc(F)c1)C1CCNCC1. The van der Waals surface area contributed by atoms with Crippen LogP contribution in [-0.2, 0) is 4.79 Å². The fourth-order valence-corrected chi connectivity index (χ4v) is 4.10. The minimum Gasteiger partial charge on any atom is -0.336 e. The van der Waals surface area contributed by atoms with Gasteiger partial charge in [-0.25, -0.2) is 4.39 Å². The van der Waals surface area contributed by atoms with Crippen molar-refractivity contribution in [2.75, 3.05) is 19.6 Å². The Labute approximate surface area is 138 Å². The summed E-state index contributed by atoms with van der Waals surface area (Å²) < 4.78 is 13.5. The van der Waals surface area contributed by atoms with Crippen LogP contribution in [0.1, 0.15) is 50.6 Å². The van der Waals surface area contributed by atoms with Gasteiger partial charge < -0.3 is 10.2 Å². The topological polar surface area (TPSA) is 32.3 Å². The van der Waals surface area contributed by atoms with Crippen molar-refractivity contribution >= 4 is 5.91 Å². The van der Waals surface area contributed by atoms with Crippen LogP contribution in [-0.4, -0.2) is 30.4 Å². The Balaban J connectivity index is 1.63. The van der Waals surface area contributed by atoms with E-state index in [1.165, 1.54) is 18.9 Å². The first-order valence-electron chi connectivity index (χ1n) is 8.91. The van der Waals surface area contributed by atoms with Crippen molar-refractivity contribution in [3.05, 3.63) is 35.6 Å². The van der Waals surface area contributed by atoms with E-state index in [2.05, 4.69) is 12.2 Å². The van der Waals surface area contributed by atoms with Crippen molar-refractivity contribution in [3.63, 3.8) is 0 Å². The number of carbonyl (C=O) groups excluding carboxylic acids is 1. The number of piperidine rings is 1. The van der Waals surface area contributed by atoms with Crippen LogP contribution in [0.4, 0.5) is 4.39 Å². The summed E-state index contributed by atoms with van der Waals surface area (Å²) in [4.78, 5) is 14.8. The van der Waals surface area contributed by atoms with E-state index in [9.17, 15) is 9.18 Å². The molecule has 2 fully saturated rings. The monoisotopic (exact) mass is 318 g/mol. The van der Waals surface area contributed by atoms with Crippen LogP contribution in [0.15, 0.2) is 24.3 Å². The van der Waals surface area contributed by atoms with Gasteiger partial charge in [-0.05, 0) is 68.3 Å². The van der Waals surface area contributed by atoms with Gasteiger partial charge in [0.2, 0.25) is 5.91 Å². The molecule has 2 saturated heterocycles. The van der Waals surface area contributed by atoms with Gasteiger partial charge in [0, 0.05) is 13.0 Å². The Morgan fingerprint density at radius 1 is 1.35 bits per heavy atom. The number of amides is 1. The molecular weight excluding hydrogens is 291 g/mol. The molecule has 2 unspecified atom stereocenters. The van der Waals surface area contributed by atoms with Gasteiger partial charge in [0.15, 0.2) is 0 Å². The highest BCUT2D eigenvalue weighted by molar-refractivity contribution is 5.77. The zero-order valence-electron chi connectivity index (χ0n) is 13.9. The number of hydrogen-bond donors (Lipinski definition) is 1. The quantitative estimate of drug-likeness (QED) is 0.921. The number of nitrogens with zero attached hydrogens (tertiary/aromatic N) is 1. The van der Waals surface area contributed by atoms with Gasteiger partial charge in [0.1, 0.15) is 5.82 Å². The number of hydrogen-bond acceptors (Lipinski definition) is 2. The average Bonchev–Trinajstić information content (AvgIpc) is 3.05. The van der Waals surface area contributed by atoms with Crippen LogP contribution in [0.25, 0.3) is 0 Å². The maximum atomic E-state index is 13.5. The Morgan fingerprint density at radius 2 is 2.13 bits per heavy atom. The number of likely N-dealkylation sites (tertiary alicyclic amines) is 1. The summed E-state index contributed by atoms with van der Waals surface area (Å²) >= 11 is 0. The van der Waals surface area contributed by atoms with Gasteiger partial charge in [-0.3, -0.25) is 4.79 Å². The second kappa shape index (κ2) is 7.43. The van der Waals surface area contributed by atoms with Crippen molar-refractivity contribution in [2.45, 2.75) is 45.1 Å². The molecule has 1 N–H and O–H groups in total. The average molecular weight is 318 g/mol. The van der Waals surface area contributed by atoms with Crippen molar-refractivity contribution in [2.24, 2.45) is 11.8 Å². The van der Waals surface area contributed by atoms with E-state index in [0.29, 0.717) is 18.3 Å². The van der Waals surface area contributed by atoms with Crippen LogP contribution >= 0.6 is 0 Å². The molecule has 0 saturated carbocycles. The highest BCUT2D eigenvalue weighted by Crippen LogP contribution is 2.34. The van der Waals surface area contributed by atoms with E-state index in [-0.39, 0.29) is 17.8 Å². The lowest BCUT2D eigenvalue weighted by atomic mass is 9.84. The molecule has 3 rings (SSSR count). The van der Waals surface area contributed by atoms with Crippen LogP contribution in [0.2, 0.25) is 0 Å². The van der Waals surface area contributed by atoms with Gasteiger partial charge >= 0.3 is 0 Å². The summed E-state index contributed by atoms with van der Waals surface area (Å²) in [6.07, 6.45) is 4.91. The van der Waals surface area contributed by atoms with E-state index in [0.717, 1.165) is 38.0 Å². The van der Waals surface area contributed by atoms with Gasteiger partial charge in [-0.15, -0.1) is 0 Å². The van der Waals surface area contributed by atoms with E-state index < -0.39 is 0 Å². The zero-order valence-corrected chi connectivity index (χ0v) is 13.9. The van der Waals surface area contributed by atoms with E-state index in [4.69, 9.17) is 0 Å². The molecule has 2 aliphatic rings. The summed E-state index contributed by atoms with van der Waals surface area (Å²) in [5, 5.41) is 3.38. The lowest BCUT2D eigenvalue weighted by Crippen LogP contribution is -2.35. The third-order valence-corrected chi connectivity index (χ3v) is 5.49. The highest BCUT2D eigenvalue weighted by atomic mass is 19.1. The first-order chi connectivity index (χ1) is 11.1. The maximum Gasteiger partial charge on any atom is 0.223 e. The maximum absolute atomic E-state index is 13.5. The van der Waals surface area contributed by atoms with Crippen molar-refractivity contribution in [1.82, 2.24) is 10.2 Å². The Bertz CT molecular complexity index is 542. The van der Waals surface area contributed by atoms with E-state index >= 15 is 0 Å². The standard InChI is InChI=1S/C19H27FN2O/c1-14(15-7-9-21-10-8-15)12-19(23)22-11-3-6-18(22)16-4-2-5-17(20)13-16/h2,4-5,13-15,18,21H,3,6-12H2,1H3. The fourth-order valence-electron chi connectivity index (χ4n) is 4.10. The van der Waals surface area contributed by atoms with Gasteiger partial charge in [-0.1, -0.05) is 19.1 Å². The highest BCUT2D eigenvalue weighted by Gasteiger charge is 2.32. The minimum atomic E-state index is -0.218. The van der Waals surface area contributed by atoms with Crippen LogP contribution in [0.3, 0.4) is 0 Å². The molecule has 2 atom stereocenters. The zero-order chi connectivity index (χ0) is 16.2. The minimum absolute atomic E-state index is 0.0541. The van der Waals surface area contributed by atoms with E-state index in [1.807, 2.05) is 11.0 Å². The molecular formula is C19H27FN2O. The van der Waals surface area contributed by atoms with Gasteiger partial charge in [0.05, 0.1) is 6.04 Å². The number of nitrogens with one attached hydrogen (secondary N) is 1. The van der Waals surface area contributed by atoms with E-state index in [1.54, 1.807) is 12.1 Å². The predicted molar refractivity (Wildman–Crippen MR) is 89.5 cm³/mol. The van der Waals surface area contributed by atoms with Gasteiger partial charge in [0.25, 0.3) is 0 Å². The molecule has 0 spiro atoms. The molecule has 0 aliphatic carbocycles. The molecule has 1 aromatic rings. The van der Waals surface area contributed by atoms with Crippen molar-refractivity contribution in [1.29, 1.82) is 0 Å². The molecule has 4 heteroatoms. The summed E-state index contributed by atoms with van der Waals surface area (Å²) in [6.45, 7) is 5.15. The summed E-state index contributed by atoms with van der Waals surface area (Å²) in [5.41, 5.74) is 0.936. The third-order valence-electron chi connectivity index (χ3n) is 5.49. The molecule has 3 nitrogen and oxygen atoms in total. The molecule has 2 aliphatic heterocycles. The molecule has 0 radical (unpaired) electrons. The largest absolute Gasteiger partial charge is 0.336 e. The van der Waals surface area contributed by atoms with Gasteiger partial charge in [-0.2, -0.15) is 0 Å². The Kier molecular flexibility index (Phi) is 5.31. The van der Waals surface area contributed by atoms with Crippen LogP contribution < -0.4 is 5.32 Å². The second-order valence-electron chi connectivity index (χ2n) is 7.07. The first-order valence-corrected chi connectivity index (χ1v) is 8.91. The van der Waals surface area contributed by atoms with Crippen molar-refractivity contribution in [3.8, 4) is 0 Å². The van der Waals surface area contributed by atoms with Crippen LogP contribution in [0, 0.1) is 17.7 Å². The summed E-state index contributed by atoms with van der Waals surface area (Å²) in [6, 6.07) is 6.77. The molecule has 0 aromatic heterocycles. The first kappa shape index (κ1) is 16.4. The number of rotatable bonds is 4. The molecule has 2 heterocycles. The fraction of sp³-hybridized carbons (Fsp3) is 0.632. The Hall–Kier alpha value is -1.42. The lowest BCUT2D eigenvalue weighted by molar-refractivity contribution is -0.133. The number of carbonyl (C=O) groups is 1. The second-order valence-corrected chi connectivity index (χ2v) is 7.07. The third kappa shape index (κ3) is 3.92. The van der Waals surface area contributed by atoms with Crippen LogP contribution in [0.5, 0.6) is 0 Å². The van der Waals surface area contributed by atoms with Crippen molar-refractivity contribution < 1.29 is 9.18 Å². The normalized spacial score (nSPS) is 23.9. The lowest BCUT2D eigenvalue weighted by Gasteiger charge is -2.31. The Morgan fingerprint density at radius 3 is 2.87 bits per heavy atom. The predicted octanol–water partition coefficient (Wildman–Crippen LogP) is 3.52. The summed E-state index contributed by atoms with van der Waals surface area (Å²) in [7, 11) is 0. The molecule has 1 amide bonds. The molecule has 0 bridgehead atoms. The molecule has 1 aromatic carbocycles. The molecule has 126 valence electrons. The summed E-state index contributed by atoms with van der Waals surface area (Å²) in [5.74, 6) is 1.10. The number of benzene rings is 1. The number of halogens is 1. The molecule has 23 heavy (non-hydrogen) atoms. The smallest absolute Gasteiger partial charge is 0.223 e.